The minimum Gasteiger partial charge on any atom is -0.400 e. The van der Waals surface area contributed by atoms with Gasteiger partial charge in [0.2, 0.25) is 12.4 Å². The molecule has 2 rings (SSSR count). The number of aliphatic hydroxyl groups is 1. The number of aromatic nitrogens is 3. The van der Waals surface area contributed by atoms with Gasteiger partial charge in [0.1, 0.15) is 0 Å². The lowest BCUT2D eigenvalue weighted by Gasteiger charge is -1.89. The number of aldehydes is 1. The van der Waals surface area contributed by atoms with Crippen molar-refractivity contribution in [1.29, 1.82) is 0 Å². The van der Waals surface area contributed by atoms with Gasteiger partial charge >= 0.3 is 0 Å². The summed E-state index contributed by atoms with van der Waals surface area (Å²) in [5.74, 6) is 0.685. The summed E-state index contributed by atoms with van der Waals surface area (Å²) in [4.78, 5) is 13.8. The maximum atomic E-state index is 9.95. The van der Waals surface area contributed by atoms with Gasteiger partial charge in [0.05, 0.1) is 0 Å². The third-order valence-electron chi connectivity index (χ3n) is 2.06. The molecule has 0 aromatic carbocycles. The van der Waals surface area contributed by atoms with Crippen LogP contribution in [0.15, 0.2) is 41.4 Å². The Morgan fingerprint density at radius 1 is 1.35 bits per heavy atom. The Morgan fingerprint density at radius 3 is 2.55 bits per heavy atom. The summed E-state index contributed by atoms with van der Waals surface area (Å²) in [5.41, 5.74) is 0. The van der Waals surface area contributed by atoms with E-state index in [2.05, 4.69) is 15.5 Å². The molecule has 0 aliphatic heterocycles. The van der Waals surface area contributed by atoms with Crippen LogP contribution in [-0.4, -0.2) is 42.2 Å². The van der Waals surface area contributed by atoms with Crippen LogP contribution in [0.4, 0.5) is 0 Å². The quantitative estimate of drug-likeness (QED) is 0.573. The zero-order valence-electron chi connectivity index (χ0n) is 11.8. The van der Waals surface area contributed by atoms with Crippen LogP contribution in [0, 0.1) is 0 Å². The zero-order valence-corrected chi connectivity index (χ0v) is 11.8. The molecule has 2 aromatic rings. The Bertz CT molecular complexity index is 420. The first-order valence-electron chi connectivity index (χ1n) is 6.09. The summed E-state index contributed by atoms with van der Waals surface area (Å²) in [6.45, 7) is 1.32. The van der Waals surface area contributed by atoms with E-state index >= 15 is 0 Å². The number of likely N-dealkylation sites (N-methyl/N-ethyl adjacent to an activating group) is 1. The molecule has 0 saturated carbocycles. The number of carbonyl (C=O) groups excluding carboxylic acids is 1. The summed E-state index contributed by atoms with van der Waals surface area (Å²) in [6.07, 6.45) is 6.80. The molecule has 20 heavy (non-hydrogen) atoms. The molecule has 2 N–H and O–H groups in total. The van der Waals surface area contributed by atoms with Gasteiger partial charge in [-0.05, 0) is 7.05 Å². The van der Waals surface area contributed by atoms with Gasteiger partial charge in [-0.3, -0.25) is 4.79 Å². The van der Waals surface area contributed by atoms with Crippen molar-refractivity contribution in [1.82, 2.24) is 15.5 Å². The lowest BCUT2D eigenvalue weighted by molar-refractivity contribution is -0.682. The third-order valence-corrected chi connectivity index (χ3v) is 2.06. The molecule has 0 bridgehead atoms. The Morgan fingerprint density at radius 2 is 2.05 bits per heavy atom. The predicted molar refractivity (Wildman–Crippen MR) is 72.8 cm³/mol. The van der Waals surface area contributed by atoms with Crippen molar-refractivity contribution in [2.24, 2.45) is 0 Å². The topological polar surface area (TPSA) is 92.1 Å². The normalized spacial score (nSPS) is 8.75. The molecular formula is C13H21N4O3+. The van der Waals surface area contributed by atoms with Gasteiger partial charge in [0, 0.05) is 32.2 Å². The largest absolute Gasteiger partial charge is 0.400 e. The summed E-state index contributed by atoms with van der Waals surface area (Å²) in [6, 6.07) is 5.70. The Hall–Kier alpha value is -2.12. The standard InChI is InChI=1S/C7H8NO.C5H9N3O.CH4O/c9-7-6-8-4-2-1-3-5-8;1-6-3-2-5-7-4-8-9-5;1-2/h1-5,7H,6H2;4,6H,2-3H2,1H3;2H,1H3/q+1;;. The number of hydrogen-bond acceptors (Lipinski definition) is 6. The van der Waals surface area contributed by atoms with E-state index in [0.29, 0.717) is 12.4 Å². The smallest absolute Gasteiger partial charge is 0.227 e. The first kappa shape index (κ1) is 17.9. The van der Waals surface area contributed by atoms with Crippen LogP contribution in [0.25, 0.3) is 0 Å². The van der Waals surface area contributed by atoms with Crippen molar-refractivity contribution in [2.75, 3.05) is 20.7 Å². The molecule has 0 fully saturated rings. The molecule has 0 spiro atoms. The first-order chi connectivity index (χ1) is 9.86. The Labute approximate surface area is 118 Å². The lowest BCUT2D eigenvalue weighted by atomic mass is 10.4. The highest BCUT2D eigenvalue weighted by atomic mass is 16.5. The first-order valence-corrected chi connectivity index (χ1v) is 6.09. The van der Waals surface area contributed by atoms with Crippen LogP contribution < -0.4 is 9.88 Å². The van der Waals surface area contributed by atoms with E-state index in [1.165, 1.54) is 6.33 Å². The van der Waals surface area contributed by atoms with Gasteiger partial charge in [0.15, 0.2) is 25.0 Å². The molecule has 110 valence electrons. The Balaban J connectivity index is 0.000000321. The van der Waals surface area contributed by atoms with Crippen molar-refractivity contribution < 1.29 is 19.0 Å². The van der Waals surface area contributed by atoms with E-state index in [9.17, 15) is 4.79 Å². The average Bonchev–Trinajstić information content (AvgIpc) is 3.03. The number of nitrogens with zero attached hydrogens (tertiary/aromatic N) is 3. The van der Waals surface area contributed by atoms with E-state index in [1.54, 1.807) is 0 Å². The average molecular weight is 281 g/mol. The van der Waals surface area contributed by atoms with Gasteiger partial charge in [-0.1, -0.05) is 11.2 Å². The molecule has 0 amide bonds. The van der Waals surface area contributed by atoms with E-state index in [4.69, 9.17) is 9.63 Å². The van der Waals surface area contributed by atoms with E-state index in [0.717, 1.165) is 26.4 Å². The molecule has 0 atom stereocenters. The molecule has 0 aliphatic carbocycles. The zero-order chi connectivity index (χ0) is 15.1. The summed E-state index contributed by atoms with van der Waals surface area (Å²) in [7, 11) is 2.89. The maximum absolute atomic E-state index is 9.95. The minimum atomic E-state index is 0.445. The minimum absolute atomic E-state index is 0.445. The number of hydrogen-bond donors (Lipinski definition) is 2. The fourth-order valence-electron chi connectivity index (χ4n) is 1.18. The van der Waals surface area contributed by atoms with Crippen LogP contribution in [0.5, 0.6) is 0 Å². The van der Waals surface area contributed by atoms with Crippen molar-refractivity contribution in [3.63, 3.8) is 0 Å². The van der Waals surface area contributed by atoms with Gasteiger partial charge in [-0.15, -0.1) is 0 Å². The summed E-state index contributed by atoms with van der Waals surface area (Å²) >= 11 is 0. The SMILES string of the molecule is CNCCc1ncno1.CO.O=CC[n+]1ccccc1. The molecule has 0 aliphatic rings. The van der Waals surface area contributed by atoms with Crippen LogP contribution >= 0.6 is 0 Å². The number of nitrogens with one attached hydrogen (secondary N) is 1. The van der Waals surface area contributed by atoms with Crippen molar-refractivity contribution >= 4 is 6.29 Å². The maximum Gasteiger partial charge on any atom is 0.227 e. The van der Waals surface area contributed by atoms with Crippen LogP contribution in [0.3, 0.4) is 0 Å². The van der Waals surface area contributed by atoms with E-state index < -0.39 is 0 Å². The number of carbonyl (C=O) groups is 1. The van der Waals surface area contributed by atoms with Gasteiger partial charge in [0.25, 0.3) is 0 Å². The fraction of sp³-hybridized carbons (Fsp3) is 0.385. The highest BCUT2D eigenvalue weighted by molar-refractivity contribution is 5.46. The van der Waals surface area contributed by atoms with Crippen LogP contribution in [-0.2, 0) is 17.8 Å². The van der Waals surface area contributed by atoms with Gasteiger partial charge in [-0.2, -0.15) is 9.55 Å². The third kappa shape index (κ3) is 8.90. The summed E-state index contributed by atoms with van der Waals surface area (Å²) < 4.78 is 6.55. The predicted octanol–water partition coefficient (Wildman–Crippen LogP) is -0.387. The van der Waals surface area contributed by atoms with Crippen molar-refractivity contribution in [3.8, 4) is 0 Å². The molecule has 0 saturated heterocycles. The highest BCUT2D eigenvalue weighted by Crippen LogP contribution is 1.89. The van der Waals surface area contributed by atoms with E-state index in [-0.39, 0.29) is 0 Å². The molecule has 7 nitrogen and oxygen atoms in total. The lowest BCUT2D eigenvalue weighted by Crippen LogP contribution is -2.32. The van der Waals surface area contributed by atoms with Gasteiger partial charge in [-0.25, -0.2) is 0 Å². The number of aliphatic hydroxyl groups excluding tert-OH is 1. The van der Waals surface area contributed by atoms with Gasteiger partial charge < -0.3 is 14.9 Å². The second kappa shape index (κ2) is 13.3. The number of pyridine rings is 1. The van der Waals surface area contributed by atoms with Crippen LogP contribution in [0.2, 0.25) is 0 Å². The fourth-order valence-corrected chi connectivity index (χ4v) is 1.18. The second-order valence-electron chi connectivity index (χ2n) is 3.43. The molecule has 0 unspecified atom stereocenters. The summed E-state index contributed by atoms with van der Waals surface area (Å²) in [5, 5.41) is 13.4. The molecular weight excluding hydrogens is 260 g/mol. The molecule has 7 heteroatoms. The van der Waals surface area contributed by atoms with E-state index in [1.807, 2.05) is 42.2 Å². The second-order valence-corrected chi connectivity index (χ2v) is 3.43. The molecule has 0 radical (unpaired) electrons. The highest BCUT2D eigenvalue weighted by Gasteiger charge is 1.94. The van der Waals surface area contributed by atoms with Crippen molar-refractivity contribution in [2.45, 2.75) is 13.0 Å². The Kier molecular flexibility index (Phi) is 11.9. The van der Waals surface area contributed by atoms with Crippen LogP contribution in [0.1, 0.15) is 5.89 Å². The number of rotatable bonds is 5. The monoisotopic (exact) mass is 281 g/mol. The molecule has 2 heterocycles. The molecule has 2 aromatic heterocycles. The van der Waals surface area contributed by atoms with Crippen molar-refractivity contribution in [3.05, 3.63) is 42.8 Å².